The van der Waals surface area contributed by atoms with Gasteiger partial charge in [0, 0.05) is 23.4 Å². The number of amides is 1. The van der Waals surface area contributed by atoms with Gasteiger partial charge in [0.1, 0.15) is 5.37 Å². The molecule has 0 radical (unpaired) electrons. The molecule has 2 aliphatic carbocycles. The summed E-state index contributed by atoms with van der Waals surface area (Å²) in [4.78, 5) is 28.1. The summed E-state index contributed by atoms with van der Waals surface area (Å²) in [5.74, 6) is 0.467. The Kier molecular flexibility index (Phi) is 3.07. The average molecular weight is 262 g/mol. The molecule has 1 amide bonds. The standard InChI is InChI=1S/C13H14N2O2S/c16-9-3-4-10-11(7-9)18-12(15-10)5-6-14-13(17)8-1-2-8/h3-4,7-8,12H,1-2,5-6H2,(H,14,17). The number of carbonyl (C=O) groups excluding carboxylic acids is 2. The number of ketones is 1. The van der Waals surface area contributed by atoms with Gasteiger partial charge >= 0.3 is 0 Å². The Hall–Kier alpha value is -1.36. The van der Waals surface area contributed by atoms with Crippen LogP contribution >= 0.6 is 11.8 Å². The molecule has 1 saturated carbocycles. The second-order valence-electron chi connectivity index (χ2n) is 4.69. The van der Waals surface area contributed by atoms with Crippen molar-refractivity contribution in [3.63, 3.8) is 0 Å². The Morgan fingerprint density at radius 1 is 1.44 bits per heavy atom. The summed E-state index contributed by atoms with van der Waals surface area (Å²) < 4.78 is 0. The van der Waals surface area contributed by atoms with Gasteiger partial charge in [-0.2, -0.15) is 0 Å². The Bertz CT molecular complexity index is 489. The van der Waals surface area contributed by atoms with Crippen LogP contribution in [0.2, 0.25) is 0 Å². The molecule has 0 spiro atoms. The van der Waals surface area contributed by atoms with Crippen molar-refractivity contribution in [1.29, 1.82) is 0 Å². The van der Waals surface area contributed by atoms with Gasteiger partial charge in [-0.15, -0.1) is 0 Å². The van der Waals surface area contributed by atoms with Crippen molar-refractivity contribution in [2.45, 2.75) is 24.6 Å². The Morgan fingerprint density at radius 2 is 2.28 bits per heavy atom. The van der Waals surface area contributed by atoms with E-state index >= 15 is 0 Å². The van der Waals surface area contributed by atoms with Crippen molar-refractivity contribution >= 4 is 29.2 Å². The van der Waals surface area contributed by atoms with E-state index < -0.39 is 0 Å². The van der Waals surface area contributed by atoms with E-state index in [1.54, 1.807) is 30.0 Å². The van der Waals surface area contributed by atoms with Gasteiger partial charge in [0.15, 0.2) is 5.78 Å². The minimum Gasteiger partial charge on any atom is -0.356 e. The molecule has 1 unspecified atom stereocenters. The van der Waals surface area contributed by atoms with Crippen molar-refractivity contribution in [3.05, 3.63) is 23.1 Å². The Balaban J connectivity index is 1.49. The quantitative estimate of drug-likeness (QED) is 0.780. The first-order chi connectivity index (χ1) is 8.72. The lowest BCUT2D eigenvalue weighted by Crippen LogP contribution is -2.27. The van der Waals surface area contributed by atoms with Crippen LogP contribution in [-0.4, -0.2) is 29.3 Å². The highest BCUT2D eigenvalue weighted by atomic mass is 32.2. The molecule has 1 atom stereocenters. The van der Waals surface area contributed by atoms with Crippen molar-refractivity contribution in [2.24, 2.45) is 10.9 Å². The van der Waals surface area contributed by atoms with E-state index in [-0.39, 0.29) is 23.0 Å². The molecule has 1 fully saturated rings. The summed E-state index contributed by atoms with van der Waals surface area (Å²) in [6, 6.07) is 0. The first-order valence-corrected chi connectivity index (χ1v) is 7.06. The number of hydrogen-bond acceptors (Lipinski definition) is 4. The van der Waals surface area contributed by atoms with Crippen molar-refractivity contribution in [3.8, 4) is 0 Å². The van der Waals surface area contributed by atoms with E-state index in [9.17, 15) is 9.59 Å². The van der Waals surface area contributed by atoms with Gasteiger partial charge in [0.05, 0.1) is 5.71 Å². The van der Waals surface area contributed by atoms with E-state index in [1.807, 2.05) is 0 Å². The normalized spacial score (nSPS) is 25.6. The van der Waals surface area contributed by atoms with Gasteiger partial charge < -0.3 is 5.32 Å². The first-order valence-electron chi connectivity index (χ1n) is 6.18. The molecular weight excluding hydrogens is 248 g/mol. The van der Waals surface area contributed by atoms with Crippen LogP contribution in [0.3, 0.4) is 0 Å². The van der Waals surface area contributed by atoms with Crippen LogP contribution in [0, 0.1) is 5.92 Å². The third-order valence-electron chi connectivity index (χ3n) is 3.12. The van der Waals surface area contributed by atoms with Crippen LogP contribution in [-0.2, 0) is 9.59 Å². The molecule has 4 nitrogen and oxygen atoms in total. The minimum absolute atomic E-state index is 0.0270. The molecule has 18 heavy (non-hydrogen) atoms. The monoisotopic (exact) mass is 262 g/mol. The summed E-state index contributed by atoms with van der Waals surface area (Å²) in [6.07, 6.45) is 7.82. The Labute approximate surface area is 110 Å². The number of nitrogens with one attached hydrogen (secondary N) is 1. The molecule has 94 valence electrons. The van der Waals surface area contributed by atoms with Gasteiger partial charge in [-0.1, -0.05) is 11.8 Å². The summed E-state index contributed by atoms with van der Waals surface area (Å²) in [7, 11) is 0. The van der Waals surface area contributed by atoms with Crippen LogP contribution in [0.15, 0.2) is 28.1 Å². The minimum atomic E-state index is 0.0270. The molecule has 1 heterocycles. The van der Waals surface area contributed by atoms with Crippen LogP contribution in [0.1, 0.15) is 19.3 Å². The highest BCUT2D eigenvalue weighted by Gasteiger charge is 2.29. The van der Waals surface area contributed by atoms with Crippen molar-refractivity contribution < 1.29 is 9.59 Å². The SMILES string of the molecule is O=C1C=CC2=NC(CCNC(=O)C3CC3)SC2=C1. The molecule has 0 aromatic carbocycles. The zero-order valence-electron chi connectivity index (χ0n) is 9.89. The molecule has 3 rings (SSSR count). The molecule has 0 aromatic heterocycles. The fourth-order valence-corrected chi connectivity index (χ4v) is 3.08. The van der Waals surface area contributed by atoms with Gasteiger partial charge in [0.25, 0.3) is 0 Å². The van der Waals surface area contributed by atoms with E-state index in [0.29, 0.717) is 6.54 Å². The lowest BCUT2D eigenvalue weighted by atomic mass is 10.1. The average Bonchev–Trinajstić information content (AvgIpc) is 3.11. The maximum absolute atomic E-state index is 11.5. The summed E-state index contributed by atoms with van der Waals surface area (Å²) in [5, 5.41) is 3.06. The van der Waals surface area contributed by atoms with Crippen molar-refractivity contribution in [1.82, 2.24) is 5.32 Å². The van der Waals surface area contributed by atoms with Gasteiger partial charge in [0.2, 0.25) is 5.91 Å². The number of allylic oxidation sites excluding steroid dienone is 4. The highest BCUT2D eigenvalue weighted by molar-refractivity contribution is 8.05. The maximum Gasteiger partial charge on any atom is 0.223 e. The lowest BCUT2D eigenvalue weighted by molar-refractivity contribution is -0.122. The first kappa shape index (κ1) is 11.7. The molecular formula is C13H14N2O2S. The van der Waals surface area contributed by atoms with E-state index in [0.717, 1.165) is 29.9 Å². The number of hydrogen-bond donors (Lipinski definition) is 1. The molecule has 0 aromatic rings. The number of carbonyl (C=O) groups is 2. The smallest absolute Gasteiger partial charge is 0.223 e. The zero-order chi connectivity index (χ0) is 12.5. The summed E-state index contributed by atoms with van der Waals surface area (Å²) in [5.41, 5.74) is 0.901. The molecule has 3 aliphatic rings. The fourth-order valence-electron chi connectivity index (χ4n) is 1.96. The fraction of sp³-hybridized carbons (Fsp3) is 0.462. The number of rotatable bonds is 4. The summed E-state index contributed by atoms with van der Waals surface area (Å²) >= 11 is 1.61. The third-order valence-corrected chi connectivity index (χ3v) is 4.31. The number of thioether (sulfide) groups is 1. The van der Waals surface area contributed by atoms with E-state index in [4.69, 9.17) is 0 Å². The molecule has 5 heteroatoms. The third kappa shape index (κ3) is 2.56. The largest absolute Gasteiger partial charge is 0.356 e. The highest BCUT2D eigenvalue weighted by Crippen LogP contribution is 2.35. The molecule has 0 saturated heterocycles. The number of fused-ring (bicyclic) bond motifs is 1. The van der Waals surface area contributed by atoms with Gasteiger partial charge in [-0.3, -0.25) is 14.6 Å². The Morgan fingerprint density at radius 3 is 3.06 bits per heavy atom. The molecule has 1 aliphatic heterocycles. The number of aliphatic imine (C=N–C) groups is 1. The number of nitrogens with zero attached hydrogens (tertiary/aromatic N) is 1. The maximum atomic E-state index is 11.5. The lowest BCUT2D eigenvalue weighted by Gasteiger charge is -2.07. The van der Waals surface area contributed by atoms with Gasteiger partial charge in [-0.05, 0) is 31.4 Å². The second-order valence-corrected chi connectivity index (χ2v) is 5.90. The van der Waals surface area contributed by atoms with E-state index in [1.165, 1.54) is 0 Å². The van der Waals surface area contributed by atoms with Crippen LogP contribution in [0.4, 0.5) is 0 Å². The topological polar surface area (TPSA) is 58.5 Å². The summed E-state index contributed by atoms with van der Waals surface area (Å²) in [6.45, 7) is 0.661. The van der Waals surface area contributed by atoms with E-state index in [2.05, 4.69) is 10.3 Å². The second kappa shape index (κ2) is 4.72. The predicted octanol–water partition coefficient (Wildman–Crippen LogP) is 1.44. The van der Waals surface area contributed by atoms with Crippen LogP contribution in [0.25, 0.3) is 0 Å². The predicted molar refractivity (Wildman–Crippen MR) is 71.4 cm³/mol. The van der Waals surface area contributed by atoms with Gasteiger partial charge in [-0.25, -0.2) is 0 Å². The van der Waals surface area contributed by atoms with Crippen LogP contribution in [0.5, 0.6) is 0 Å². The molecule has 0 bridgehead atoms. The molecule has 1 N–H and O–H groups in total. The zero-order valence-corrected chi connectivity index (χ0v) is 10.7. The van der Waals surface area contributed by atoms with Crippen LogP contribution < -0.4 is 5.32 Å². The van der Waals surface area contributed by atoms with Crippen molar-refractivity contribution in [2.75, 3.05) is 6.54 Å².